The lowest BCUT2D eigenvalue weighted by Gasteiger charge is -2.22. The van der Waals surface area contributed by atoms with Gasteiger partial charge >= 0.3 is 0 Å². The number of carbonyl (C=O) groups excluding carboxylic acids is 1. The van der Waals surface area contributed by atoms with Crippen molar-refractivity contribution in [2.75, 3.05) is 40.9 Å². The summed E-state index contributed by atoms with van der Waals surface area (Å²) in [6.07, 6.45) is 0. The van der Waals surface area contributed by atoms with Gasteiger partial charge in [0.25, 0.3) is 5.91 Å². The maximum Gasteiger partial charge on any atom is 0.254 e. The fourth-order valence-electron chi connectivity index (χ4n) is 3.10. The molecule has 0 N–H and O–H groups in total. The maximum absolute atomic E-state index is 12.8. The van der Waals surface area contributed by atoms with Crippen molar-refractivity contribution in [3.05, 3.63) is 22.7 Å². The lowest BCUT2D eigenvalue weighted by Crippen LogP contribution is -2.35. The summed E-state index contributed by atoms with van der Waals surface area (Å²) in [6, 6.07) is 3.73. The van der Waals surface area contributed by atoms with Crippen LogP contribution in [-0.4, -0.2) is 62.7 Å². The highest BCUT2D eigenvalue weighted by atomic mass is 35.5. The van der Waals surface area contributed by atoms with E-state index < -0.39 is 0 Å². The van der Waals surface area contributed by atoms with Crippen molar-refractivity contribution in [1.82, 2.24) is 9.80 Å². The van der Waals surface area contributed by atoms with Gasteiger partial charge in [0.05, 0.1) is 18.7 Å². The second-order valence-electron chi connectivity index (χ2n) is 6.14. The van der Waals surface area contributed by atoms with Crippen molar-refractivity contribution in [3.8, 4) is 11.5 Å². The molecule has 0 spiro atoms. The average Bonchev–Trinajstić information content (AvgIpc) is 2.90. The molecule has 2 atom stereocenters. The third kappa shape index (κ3) is 3.72. The van der Waals surface area contributed by atoms with E-state index in [0.29, 0.717) is 40.7 Å². The predicted octanol–water partition coefficient (Wildman–Crippen LogP) is 2.77. The van der Waals surface area contributed by atoms with Crippen molar-refractivity contribution in [3.63, 3.8) is 0 Å². The van der Waals surface area contributed by atoms with Crippen molar-refractivity contribution >= 4 is 17.5 Å². The van der Waals surface area contributed by atoms with Crippen molar-refractivity contribution < 1.29 is 14.3 Å². The van der Waals surface area contributed by atoms with Crippen LogP contribution in [0.2, 0.25) is 5.02 Å². The van der Waals surface area contributed by atoms with Crippen LogP contribution in [0.1, 0.15) is 24.2 Å². The molecule has 0 aliphatic carbocycles. The molecule has 1 aliphatic rings. The highest BCUT2D eigenvalue weighted by Gasteiger charge is 2.34. The molecule has 1 fully saturated rings. The zero-order valence-electron chi connectivity index (χ0n) is 14.4. The molecule has 1 heterocycles. The van der Waals surface area contributed by atoms with Gasteiger partial charge in [0.15, 0.2) is 11.5 Å². The number of likely N-dealkylation sites (tertiary alicyclic amines) is 1. The molecule has 1 amide bonds. The Morgan fingerprint density at radius 2 is 2.09 bits per heavy atom. The summed E-state index contributed by atoms with van der Waals surface area (Å²) in [5, 5.41) is 0.394. The molecule has 1 saturated heterocycles. The van der Waals surface area contributed by atoms with E-state index in [1.807, 2.05) is 25.9 Å². The lowest BCUT2D eigenvalue weighted by atomic mass is 10.1. The van der Waals surface area contributed by atoms with Gasteiger partial charge in [-0.25, -0.2) is 0 Å². The number of nitrogens with zero attached hydrogens (tertiary/aromatic N) is 2. The van der Waals surface area contributed by atoms with Crippen LogP contribution in [0.4, 0.5) is 0 Å². The molecule has 128 valence electrons. The molecule has 5 nitrogen and oxygen atoms in total. The normalized spacial score (nSPS) is 20.9. The summed E-state index contributed by atoms with van der Waals surface area (Å²) in [5.41, 5.74) is 0.530. The van der Waals surface area contributed by atoms with Crippen molar-refractivity contribution in [2.24, 2.45) is 5.92 Å². The van der Waals surface area contributed by atoms with Crippen LogP contribution < -0.4 is 9.47 Å². The number of ether oxygens (including phenoxy) is 2. The summed E-state index contributed by atoms with van der Waals surface area (Å²) < 4.78 is 10.8. The molecule has 0 unspecified atom stereocenters. The number of amides is 1. The second-order valence-corrected chi connectivity index (χ2v) is 6.55. The van der Waals surface area contributed by atoms with E-state index in [1.54, 1.807) is 19.2 Å². The first-order valence-electron chi connectivity index (χ1n) is 7.85. The largest absolute Gasteiger partial charge is 0.493 e. The molecule has 23 heavy (non-hydrogen) atoms. The van der Waals surface area contributed by atoms with E-state index >= 15 is 0 Å². The topological polar surface area (TPSA) is 42.0 Å². The Labute approximate surface area is 143 Å². The van der Waals surface area contributed by atoms with Crippen LogP contribution >= 0.6 is 11.6 Å². The Hall–Kier alpha value is -1.46. The quantitative estimate of drug-likeness (QED) is 0.826. The fraction of sp³-hybridized carbons (Fsp3) is 0.588. The van der Waals surface area contributed by atoms with Crippen LogP contribution in [0.5, 0.6) is 11.5 Å². The monoisotopic (exact) mass is 340 g/mol. The number of halogens is 1. The number of likely N-dealkylation sites (N-methyl/N-ethyl adjacent to an activating group) is 1. The summed E-state index contributed by atoms with van der Waals surface area (Å²) in [5.74, 6) is 1.38. The molecule has 1 aromatic carbocycles. The Bertz CT molecular complexity index is 577. The Morgan fingerprint density at radius 3 is 2.61 bits per heavy atom. The number of rotatable bonds is 5. The standard InChI is InChI=1S/C17H25ClN2O3/c1-6-23-16-13(18)7-12(8-15(16)22-5)17(21)20-9-11(2)14(10-20)19(3)4/h7-8,11,14H,6,9-10H2,1-5H3/t11-,14-/m1/s1. The lowest BCUT2D eigenvalue weighted by molar-refractivity contribution is 0.0781. The Morgan fingerprint density at radius 1 is 1.39 bits per heavy atom. The van der Waals surface area contributed by atoms with E-state index in [1.165, 1.54) is 0 Å². The van der Waals surface area contributed by atoms with Gasteiger partial charge in [0.2, 0.25) is 0 Å². The van der Waals surface area contributed by atoms with Crippen LogP contribution in [0.25, 0.3) is 0 Å². The van der Waals surface area contributed by atoms with Gasteiger partial charge in [-0.15, -0.1) is 0 Å². The summed E-state index contributed by atoms with van der Waals surface area (Å²) >= 11 is 6.27. The molecule has 2 rings (SSSR count). The van der Waals surface area contributed by atoms with Gasteiger partial charge < -0.3 is 19.3 Å². The summed E-state index contributed by atoms with van der Waals surface area (Å²) in [4.78, 5) is 16.8. The minimum Gasteiger partial charge on any atom is -0.493 e. The molecular weight excluding hydrogens is 316 g/mol. The van der Waals surface area contributed by atoms with Gasteiger partial charge in [-0.1, -0.05) is 18.5 Å². The first-order chi connectivity index (χ1) is 10.9. The summed E-state index contributed by atoms with van der Waals surface area (Å²) in [7, 11) is 5.64. The van der Waals surface area contributed by atoms with Gasteiger partial charge in [-0.3, -0.25) is 4.79 Å². The van der Waals surface area contributed by atoms with E-state index in [2.05, 4.69) is 11.8 Å². The number of benzene rings is 1. The van der Waals surface area contributed by atoms with Gasteiger partial charge in [0, 0.05) is 24.7 Å². The molecule has 0 radical (unpaired) electrons. The highest BCUT2D eigenvalue weighted by Crippen LogP contribution is 2.37. The third-order valence-electron chi connectivity index (χ3n) is 4.29. The van der Waals surface area contributed by atoms with E-state index in [4.69, 9.17) is 21.1 Å². The fourth-order valence-corrected chi connectivity index (χ4v) is 3.36. The molecular formula is C17H25ClN2O3. The highest BCUT2D eigenvalue weighted by molar-refractivity contribution is 6.32. The predicted molar refractivity (Wildman–Crippen MR) is 91.7 cm³/mol. The van der Waals surface area contributed by atoms with Crippen LogP contribution in [0, 0.1) is 5.92 Å². The molecule has 0 bridgehead atoms. The number of hydrogen-bond acceptors (Lipinski definition) is 4. The van der Waals surface area contributed by atoms with Crippen LogP contribution in [-0.2, 0) is 0 Å². The molecule has 1 aromatic rings. The SMILES string of the molecule is CCOc1c(Cl)cc(C(=O)N2C[C@@H](C)[C@H](N(C)C)C2)cc1OC. The molecule has 0 saturated carbocycles. The van der Waals surface area contributed by atoms with Gasteiger partial charge in [-0.05, 0) is 39.1 Å². The first-order valence-corrected chi connectivity index (χ1v) is 8.22. The van der Waals surface area contributed by atoms with E-state index in [-0.39, 0.29) is 5.91 Å². The number of methoxy groups -OCH3 is 1. The average molecular weight is 341 g/mol. The minimum absolute atomic E-state index is 0.0237. The zero-order chi connectivity index (χ0) is 17.1. The van der Waals surface area contributed by atoms with Crippen molar-refractivity contribution in [2.45, 2.75) is 19.9 Å². The smallest absolute Gasteiger partial charge is 0.254 e. The number of hydrogen-bond donors (Lipinski definition) is 0. The maximum atomic E-state index is 12.8. The molecule has 6 heteroatoms. The number of carbonyl (C=O) groups is 1. The van der Waals surface area contributed by atoms with Gasteiger partial charge in [0.1, 0.15) is 0 Å². The second kappa shape index (κ2) is 7.41. The van der Waals surface area contributed by atoms with Crippen LogP contribution in [0.3, 0.4) is 0 Å². The molecule has 1 aliphatic heterocycles. The molecule has 0 aromatic heterocycles. The summed E-state index contributed by atoms with van der Waals surface area (Å²) in [6.45, 7) is 6.00. The van der Waals surface area contributed by atoms with Crippen LogP contribution in [0.15, 0.2) is 12.1 Å². The van der Waals surface area contributed by atoms with E-state index in [9.17, 15) is 4.79 Å². The van der Waals surface area contributed by atoms with Crippen molar-refractivity contribution in [1.29, 1.82) is 0 Å². The van der Waals surface area contributed by atoms with E-state index in [0.717, 1.165) is 13.1 Å². The first kappa shape index (κ1) is 17.9. The van der Waals surface area contributed by atoms with Gasteiger partial charge in [-0.2, -0.15) is 0 Å². The zero-order valence-corrected chi connectivity index (χ0v) is 15.2. The minimum atomic E-state index is -0.0237. The Kier molecular flexibility index (Phi) is 5.76. The Balaban J connectivity index is 2.25. The third-order valence-corrected chi connectivity index (χ3v) is 4.57.